The first kappa shape index (κ1) is 23.5. The molecule has 0 bridgehead atoms. The quantitative estimate of drug-likeness (QED) is 0.262. The highest BCUT2D eigenvalue weighted by Crippen LogP contribution is 2.08. The minimum atomic E-state index is -0.139. The molecular weight excluding hydrogens is 356 g/mol. The van der Waals surface area contributed by atoms with E-state index in [1.54, 1.807) is 26.0 Å². The fourth-order valence-electron chi connectivity index (χ4n) is 2.72. The molecule has 1 aromatic carbocycles. The van der Waals surface area contributed by atoms with E-state index < -0.39 is 0 Å². The molecule has 7 heteroatoms. The molecule has 0 spiro atoms. The molecule has 0 radical (unpaired) electrons. The molecule has 0 aliphatic rings. The highest BCUT2D eigenvalue weighted by atomic mass is 16.5. The van der Waals surface area contributed by atoms with Crippen molar-refractivity contribution < 1.29 is 14.3 Å². The first-order valence-corrected chi connectivity index (χ1v) is 9.80. The highest BCUT2D eigenvalue weighted by molar-refractivity contribution is 5.94. The lowest BCUT2D eigenvalue weighted by Crippen LogP contribution is -2.38. The Morgan fingerprint density at radius 1 is 1.07 bits per heavy atom. The molecule has 1 amide bonds. The van der Waals surface area contributed by atoms with Gasteiger partial charge in [-0.25, -0.2) is 0 Å². The Morgan fingerprint density at radius 3 is 2.46 bits per heavy atom. The summed E-state index contributed by atoms with van der Waals surface area (Å²) in [6.07, 6.45) is 5.28. The Hall–Kier alpha value is -2.57. The van der Waals surface area contributed by atoms with Gasteiger partial charge in [0.2, 0.25) is 0 Å². The molecule has 2 N–H and O–H groups in total. The van der Waals surface area contributed by atoms with Gasteiger partial charge in [-0.15, -0.1) is 0 Å². The fourth-order valence-corrected chi connectivity index (χ4v) is 2.72. The van der Waals surface area contributed by atoms with Crippen molar-refractivity contribution >= 4 is 17.8 Å². The smallest absolute Gasteiger partial charge is 0.305 e. The van der Waals surface area contributed by atoms with Crippen molar-refractivity contribution in [1.29, 1.82) is 0 Å². The predicted octanol–water partition coefficient (Wildman–Crippen LogP) is 2.22. The number of ether oxygens (including phenoxy) is 1. The molecule has 156 valence electrons. The Kier molecular flexibility index (Phi) is 11.4. The number of hydrogen-bond donors (Lipinski definition) is 2. The standard InChI is InChI=1S/C21H34N4O3/c1-22-21(23-14-8-6-5-7-12-19(26)28-4)24-15-13-17-10-9-11-18(16-17)20(27)25(2)3/h9-11,16H,5-8,12-15H2,1-4H3,(H2,22,23,24). The van der Waals surface area contributed by atoms with Crippen molar-refractivity contribution in [2.75, 3.05) is 41.3 Å². The number of unbranched alkanes of at least 4 members (excludes halogenated alkanes) is 3. The third-order valence-electron chi connectivity index (χ3n) is 4.34. The van der Waals surface area contributed by atoms with Crippen LogP contribution in [-0.4, -0.2) is 64.1 Å². The van der Waals surface area contributed by atoms with Gasteiger partial charge in [-0.2, -0.15) is 0 Å². The molecular formula is C21H34N4O3. The molecule has 1 rings (SSSR count). The van der Waals surface area contributed by atoms with Gasteiger partial charge in [-0.05, 0) is 37.0 Å². The van der Waals surface area contributed by atoms with Gasteiger partial charge in [0.15, 0.2) is 5.96 Å². The lowest BCUT2D eigenvalue weighted by Gasteiger charge is -2.13. The normalized spacial score (nSPS) is 11.1. The summed E-state index contributed by atoms with van der Waals surface area (Å²) in [7, 11) is 6.68. The van der Waals surface area contributed by atoms with Gasteiger partial charge in [0.25, 0.3) is 5.91 Å². The van der Waals surface area contributed by atoms with Crippen LogP contribution in [-0.2, 0) is 16.0 Å². The molecule has 0 fully saturated rings. The number of methoxy groups -OCH3 is 1. The predicted molar refractivity (Wildman–Crippen MR) is 113 cm³/mol. The van der Waals surface area contributed by atoms with Gasteiger partial charge >= 0.3 is 5.97 Å². The van der Waals surface area contributed by atoms with Crippen LogP contribution in [0.4, 0.5) is 0 Å². The Balaban J connectivity index is 2.24. The SMILES string of the molecule is CN=C(NCCCCCCC(=O)OC)NCCc1cccc(C(=O)N(C)C)c1. The Bertz CT molecular complexity index is 644. The van der Waals surface area contributed by atoms with Gasteiger partial charge < -0.3 is 20.3 Å². The number of hydrogen-bond acceptors (Lipinski definition) is 4. The number of nitrogens with one attached hydrogen (secondary N) is 2. The minimum Gasteiger partial charge on any atom is -0.469 e. The van der Waals surface area contributed by atoms with Gasteiger partial charge in [-0.1, -0.05) is 25.0 Å². The summed E-state index contributed by atoms with van der Waals surface area (Å²) in [5.41, 5.74) is 1.82. The maximum atomic E-state index is 12.0. The van der Waals surface area contributed by atoms with Crippen LogP contribution in [0.1, 0.15) is 48.0 Å². The zero-order chi connectivity index (χ0) is 20.8. The summed E-state index contributed by atoms with van der Waals surface area (Å²) in [6.45, 7) is 1.57. The van der Waals surface area contributed by atoms with Crippen molar-refractivity contribution in [3.05, 3.63) is 35.4 Å². The lowest BCUT2D eigenvalue weighted by atomic mass is 10.1. The molecule has 0 saturated carbocycles. The molecule has 7 nitrogen and oxygen atoms in total. The number of amides is 1. The van der Waals surface area contributed by atoms with Crippen molar-refractivity contribution in [1.82, 2.24) is 15.5 Å². The zero-order valence-electron chi connectivity index (χ0n) is 17.6. The Morgan fingerprint density at radius 2 is 1.79 bits per heavy atom. The van der Waals surface area contributed by atoms with Crippen molar-refractivity contribution in [3.63, 3.8) is 0 Å². The summed E-state index contributed by atoms with van der Waals surface area (Å²) in [4.78, 5) is 28.9. The number of carbonyl (C=O) groups excluding carboxylic acids is 2. The number of benzene rings is 1. The maximum Gasteiger partial charge on any atom is 0.305 e. The van der Waals surface area contributed by atoms with Crippen molar-refractivity contribution in [2.45, 2.75) is 38.5 Å². The van der Waals surface area contributed by atoms with Crippen LogP contribution in [0, 0.1) is 0 Å². The minimum absolute atomic E-state index is 0.0128. The molecule has 28 heavy (non-hydrogen) atoms. The van der Waals surface area contributed by atoms with E-state index in [4.69, 9.17) is 0 Å². The van der Waals surface area contributed by atoms with Crippen LogP contribution in [0.25, 0.3) is 0 Å². The van der Waals surface area contributed by atoms with E-state index >= 15 is 0 Å². The van der Waals surface area contributed by atoms with Crippen LogP contribution < -0.4 is 10.6 Å². The van der Waals surface area contributed by atoms with E-state index in [0.29, 0.717) is 12.0 Å². The molecule has 0 aliphatic carbocycles. The maximum absolute atomic E-state index is 12.0. The summed E-state index contributed by atoms with van der Waals surface area (Å²) in [6, 6.07) is 7.72. The Labute approximate surface area is 168 Å². The second-order valence-electron chi connectivity index (χ2n) is 6.82. The van der Waals surface area contributed by atoms with E-state index in [0.717, 1.165) is 56.7 Å². The van der Waals surface area contributed by atoms with Crippen LogP contribution in [0.15, 0.2) is 29.3 Å². The molecule has 0 aliphatic heterocycles. The molecule has 0 aromatic heterocycles. The van der Waals surface area contributed by atoms with Crippen molar-refractivity contribution in [3.8, 4) is 0 Å². The summed E-state index contributed by atoms with van der Waals surface area (Å²) >= 11 is 0. The number of nitrogens with zero attached hydrogens (tertiary/aromatic N) is 2. The van der Waals surface area contributed by atoms with E-state index in [9.17, 15) is 9.59 Å². The van der Waals surface area contributed by atoms with Gasteiger partial charge in [0, 0.05) is 46.2 Å². The monoisotopic (exact) mass is 390 g/mol. The van der Waals surface area contributed by atoms with Crippen LogP contribution in [0.3, 0.4) is 0 Å². The van der Waals surface area contributed by atoms with Crippen LogP contribution >= 0.6 is 0 Å². The lowest BCUT2D eigenvalue weighted by molar-refractivity contribution is -0.140. The third-order valence-corrected chi connectivity index (χ3v) is 4.34. The molecule has 0 atom stereocenters. The van der Waals surface area contributed by atoms with Gasteiger partial charge in [-0.3, -0.25) is 14.6 Å². The second kappa shape index (κ2) is 13.6. The summed E-state index contributed by atoms with van der Waals surface area (Å²) in [5.74, 6) is 0.647. The van der Waals surface area contributed by atoms with E-state index in [-0.39, 0.29) is 11.9 Å². The average Bonchev–Trinajstić information content (AvgIpc) is 2.70. The molecule has 0 unspecified atom stereocenters. The molecule has 0 saturated heterocycles. The third kappa shape index (κ3) is 9.39. The number of carbonyl (C=O) groups is 2. The number of esters is 1. The zero-order valence-corrected chi connectivity index (χ0v) is 17.6. The number of guanidine groups is 1. The topological polar surface area (TPSA) is 83.0 Å². The highest BCUT2D eigenvalue weighted by Gasteiger charge is 2.08. The first-order chi connectivity index (χ1) is 13.5. The second-order valence-corrected chi connectivity index (χ2v) is 6.82. The summed E-state index contributed by atoms with van der Waals surface area (Å²) < 4.78 is 4.63. The fraction of sp³-hybridized carbons (Fsp3) is 0.571. The number of rotatable bonds is 11. The van der Waals surface area contributed by atoms with E-state index in [1.807, 2.05) is 24.3 Å². The average molecular weight is 391 g/mol. The van der Waals surface area contributed by atoms with Crippen molar-refractivity contribution in [2.24, 2.45) is 4.99 Å². The largest absolute Gasteiger partial charge is 0.469 e. The molecule has 0 heterocycles. The van der Waals surface area contributed by atoms with Gasteiger partial charge in [0.1, 0.15) is 0 Å². The summed E-state index contributed by atoms with van der Waals surface area (Å²) in [5, 5.41) is 6.59. The van der Waals surface area contributed by atoms with E-state index in [2.05, 4.69) is 20.4 Å². The van der Waals surface area contributed by atoms with Crippen LogP contribution in [0.2, 0.25) is 0 Å². The number of aliphatic imine (C=N–C) groups is 1. The first-order valence-electron chi connectivity index (χ1n) is 9.80. The molecule has 1 aromatic rings. The van der Waals surface area contributed by atoms with E-state index in [1.165, 1.54) is 7.11 Å². The van der Waals surface area contributed by atoms with Gasteiger partial charge in [0.05, 0.1) is 7.11 Å². The van der Waals surface area contributed by atoms with Crippen LogP contribution in [0.5, 0.6) is 0 Å².